The summed E-state index contributed by atoms with van der Waals surface area (Å²) in [7, 11) is 0. The van der Waals surface area contributed by atoms with E-state index in [0.717, 1.165) is 29.4 Å². The van der Waals surface area contributed by atoms with Crippen molar-refractivity contribution in [2.75, 3.05) is 32.7 Å². The molecule has 0 unspecified atom stereocenters. The topological polar surface area (TPSA) is 18.5 Å². The van der Waals surface area contributed by atoms with Gasteiger partial charge < -0.3 is 15.1 Å². The zero-order valence-corrected chi connectivity index (χ0v) is 18.0. The maximum atomic E-state index is 5.59. The number of thiocarbonyl (C=S) groups is 1. The van der Waals surface area contributed by atoms with Crippen molar-refractivity contribution in [1.82, 2.24) is 15.1 Å². The molecule has 0 spiro atoms. The van der Waals surface area contributed by atoms with Gasteiger partial charge in [0.1, 0.15) is 0 Å². The Morgan fingerprint density at radius 3 is 2.46 bits per heavy atom. The number of nitrogens with one attached hydrogen (secondary N) is 1. The van der Waals surface area contributed by atoms with Crippen molar-refractivity contribution in [1.29, 1.82) is 0 Å². The fraction of sp³-hybridized carbons (Fsp3) is 0.955. The summed E-state index contributed by atoms with van der Waals surface area (Å²) in [5, 5.41) is 4.43. The summed E-state index contributed by atoms with van der Waals surface area (Å²) in [5.41, 5.74) is 0. The molecule has 0 bridgehead atoms. The Morgan fingerprint density at radius 1 is 1.04 bits per heavy atom. The van der Waals surface area contributed by atoms with Crippen LogP contribution in [0.3, 0.4) is 0 Å². The first-order chi connectivity index (χ1) is 12.6. The number of nitrogens with zero attached hydrogens (tertiary/aromatic N) is 2. The van der Waals surface area contributed by atoms with Gasteiger partial charge in [0.25, 0.3) is 0 Å². The summed E-state index contributed by atoms with van der Waals surface area (Å²) in [5.74, 6) is 2.62. The number of piperidine rings is 1. The van der Waals surface area contributed by atoms with Gasteiger partial charge in [-0.2, -0.15) is 0 Å². The molecule has 3 fully saturated rings. The number of likely N-dealkylation sites (tertiary alicyclic amines) is 1. The maximum Gasteiger partial charge on any atom is 0.169 e. The summed E-state index contributed by atoms with van der Waals surface area (Å²) in [6.45, 7) is 10.8. The Morgan fingerprint density at radius 2 is 1.77 bits per heavy atom. The van der Waals surface area contributed by atoms with E-state index in [-0.39, 0.29) is 0 Å². The molecule has 1 saturated carbocycles. The number of rotatable bonds is 8. The highest BCUT2D eigenvalue weighted by molar-refractivity contribution is 7.80. The van der Waals surface area contributed by atoms with Crippen LogP contribution in [0, 0.1) is 17.8 Å². The smallest absolute Gasteiger partial charge is 0.169 e. The fourth-order valence-corrected chi connectivity index (χ4v) is 5.63. The van der Waals surface area contributed by atoms with Crippen LogP contribution in [0.25, 0.3) is 0 Å². The molecular formula is C22H41N3S. The molecule has 3 rings (SSSR count). The van der Waals surface area contributed by atoms with E-state index >= 15 is 0 Å². The Kier molecular flexibility index (Phi) is 8.05. The molecule has 4 heteroatoms. The second kappa shape index (κ2) is 10.3. The van der Waals surface area contributed by atoms with Gasteiger partial charge in [0.05, 0.1) is 0 Å². The van der Waals surface area contributed by atoms with Crippen LogP contribution < -0.4 is 5.32 Å². The van der Waals surface area contributed by atoms with Gasteiger partial charge in [0.15, 0.2) is 5.11 Å². The van der Waals surface area contributed by atoms with Crippen LogP contribution in [0.15, 0.2) is 0 Å². The highest BCUT2D eigenvalue weighted by Crippen LogP contribution is 2.28. The molecule has 1 aliphatic carbocycles. The van der Waals surface area contributed by atoms with Gasteiger partial charge in [-0.15, -0.1) is 0 Å². The predicted octanol–water partition coefficient (Wildman–Crippen LogP) is 4.66. The third-order valence-electron chi connectivity index (χ3n) is 6.91. The Hall–Kier alpha value is -0.350. The summed E-state index contributed by atoms with van der Waals surface area (Å²) in [6, 6.07) is 0.621. The molecule has 26 heavy (non-hydrogen) atoms. The van der Waals surface area contributed by atoms with Gasteiger partial charge in [-0.1, -0.05) is 46.0 Å². The molecule has 0 amide bonds. The first kappa shape index (κ1) is 20.4. The highest BCUT2D eigenvalue weighted by atomic mass is 32.1. The lowest BCUT2D eigenvalue weighted by atomic mass is 9.86. The molecule has 0 aromatic heterocycles. The minimum atomic E-state index is 0.621. The van der Waals surface area contributed by atoms with Gasteiger partial charge in [-0.05, 0) is 81.7 Å². The van der Waals surface area contributed by atoms with Crippen LogP contribution in [0.2, 0.25) is 0 Å². The monoisotopic (exact) mass is 379 g/mol. The number of hydrogen-bond donors (Lipinski definition) is 1. The quantitative estimate of drug-likeness (QED) is 0.618. The van der Waals surface area contributed by atoms with Crippen LogP contribution in [0.5, 0.6) is 0 Å². The van der Waals surface area contributed by atoms with Crippen LogP contribution >= 0.6 is 12.2 Å². The lowest BCUT2D eigenvalue weighted by molar-refractivity contribution is 0.152. The van der Waals surface area contributed by atoms with E-state index in [0.29, 0.717) is 6.04 Å². The zero-order chi connectivity index (χ0) is 18.4. The van der Waals surface area contributed by atoms with Crippen molar-refractivity contribution in [3.05, 3.63) is 0 Å². The van der Waals surface area contributed by atoms with Gasteiger partial charge in [0.2, 0.25) is 0 Å². The lowest BCUT2D eigenvalue weighted by Crippen LogP contribution is -2.42. The second-order valence-electron chi connectivity index (χ2n) is 9.55. The molecule has 3 aliphatic rings. The molecule has 1 N–H and O–H groups in total. The van der Waals surface area contributed by atoms with Crippen molar-refractivity contribution in [2.45, 2.75) is 84.1 Å². The van der Waals surface area contributed by atoms with Crippen LogP contribution in [0.1, 0.15) is 78.1 Å². The van der Waals surface area contributed by atoms with E-state index in [1.807, 2.05) is 0 Å². The first-order valence-corrected chi connectivity index (χ1v) is 11.8. The van der Waals surface area contributed by atoms with E-state index in [1.165, 1.54) is 90.4 Å². The largest absolute Gasteiger partial charge is 0.360 e. The van der Waals surface area contributed by atoms with E-state index in [9.17, 15) is 0 Å². The summed E-state index contributed by atoms with van der Waals surface area (Å²) in [4.78, 5) is 5.24. The Labute approximate surface area is 167 Å². The van der Waals surface area contributed by atoms with E-state index in [1.54, 1.807) is 0 Å². The first-order valence-electron chi connectivity index (χ1n) is 11.4. The minimum Gasteiger partial charge on any atom is -0.360 e. The fourth-order valence-electron chi connectivity index (χ4n) is 5.32. The minimum absolute atomic E-state index is 0.621. The Bertz CT molecular complexity index is 425. The van der Waals surface area contributed by atoms with Gasteiger partial charge in [0, 0.05) is 19.1 Å². The normalized spacial score (nSPS) is 26.7. The summed E-state index contributed by atoms with van der Waals surface area (Å²) < 4.78 is 0. The van der Waals surface area contributed by atoms with Gasteiger partial charge in [-0.25, -0.2) is 0 Å². The van der Waals surface area contributed by atoms with E-state index in [2.05, 4.69) is 29.0 Å². The summed E-state index contributed by atoms with van der Waals surface area (Å²) in [6.07, 6.45) is 14.3. The second-order valence-corrected chi connectivity index (χ2v) is 9.94. The Balaban J connectivity index is 1.33. The zero-order valence-electron chi connectivity index (χ0n) is 17.2. The molecule has 0 aromatic carbocycles. The van der Waals surface area contributed by atoms with Crippen molar-refractivity contribution in [3.8, 4) is 0 Å². The number of hydrogen-bond acceptors (Lipinski definition) is 2. The molecular weight excluding hydrogens is 338 g/mol. The van der Waals surface area contributed by atoms with Crippen LogP contribution in [-0.4, -0.2) is 53.7 Å². The molecule has 3 nitrogen and oxygen atoms in total. The van der Waals surface area contributed by atoms with Crippen molar-refractivity contribution >= 4 is 17.3 Å². The third kappa shape index (κ3) is 6.09. The molecule has 1 atom stereocenters. The average molecular weight is 380 g/mol. The highest BCUT2D eigenvalue weighted by Gasteiger charge is 2.31. The van der Waals surface area contributed by atoms with E-state index in [4.69, 9.17) is 12.2 Å². The standard InChI is InChI=1S/C22H41N3S/c1-18(2)15-21-16-23-22(26)25(21)17-20-10-13-24(14-11-20)12-6-9-19-7-4-3-5-8-19/h18-21H,3-17H2,1-2H3,(H,23,26)/t21-/m0/s1. The van der Waals surface area contributed by atoms with Crippen LogP contribution in [0.4, 0.5) is 0 Å². The van der Waals surface area contributed by atoms with Crippen molar-refractivity contribution in [2.24, 2.45) is 17.8 Å². The van der Waals surface area contributed by atoms with Gasteiger partial charge in [-0.3, -0.25) is 0 Å². The molecule has 2 aliphatic heterocycles. The lowest BCUT2D eigenvalue weighted by Gasteiger charge is -2.36. The molecule has 0 radical (unpaired) electrons. The van der Waals surface area contributed by atoms with Crippen LogP contribution in [-0.2, 0) is 0 Å². The molecule has 2 heterocycles. The predicted molar refractivity (Wildman–Crippen MR) is 116 cm³/mol. The van der Waals surface area contributed by atoms with Crippen molar-refractivity contribution in [3.63, 3.8) is 0 Å². The van der Waals surface area contributed by atoms with Gasteiger partial charge >= 0.3 is 0 Å². The maximum absolute atomic E-state index is 5.59. The third-order valence-corrected chi connectivity index (χ3v) is 7.29. The molecule has 150 valence electrons. The molecule has 2 saturated heterocycles. The van der Waals surface area contributed by atoms with Crippen molar-refractivity contribution < 1.29 is 0 Å². The average Bonchev–Trinajstić information content (AvgIpc) is 2.97. The summed E-state index contributed by atoms with van der Waals surface area (Å²) >= 11 is 5.59. The molecule has 0 aromatic rings. The van der Waals surface area contributed by atoms with E-state index < -0.39 is 0 Å². The SMILES string of the molecule is CC(C)C[C@H]1CNC(=S)N1CC1CCN(CCCC2CCCCC2)CC1.